The summed E-state index contributed by atoms with van der Waals surface area (Å²) in [6.07, 6.45) is 3.26. The molecule has 26 heavy (non-hydrogen) atoms. The van der Waals surface area contributed by atoms with Crippen molar-refractivity contribution in [3.63, 3.8) is 0 Å². The van der Waals surface area contributed by atoms with Gasteiger partial charge in [-0.3, -0.25) is 9.36 Å². The first-order chi connectivity index (χ1) is 12.5. The van der Waals surface area contributed by atoms with Crippen LogP contribution in [0.3, 0.4) is 0 Å². The van der Waals surface area contributed by atoms with Crippen molar-refractivity contribution in [1.29, 1.82) is 0 Å². The highest BCUT2D eigenvalue weighted by Gasteiger charge is 2.10. The minimum absolute atomic E-state index is 0.187. The molecule has 0 unspecified atom stereocenters. The summed E-state index contributed by atoms with van der Waals surface area (Å²) in [6.45, 7) is 4.26. The molecule has 0 saturated heterocycles. The van der Waals surface area contributed by atoms with Gasteiger partial charge in [0.15, 0.2) is 5.03 Å². The van der Waals surface area contributed by atoms with Gasteiger partial charge in [-0.25, -0.2) is 9.37 Å². The van der Waals surface area contributed by atoms with Crippen LogP contribution in [0.2, 0.25) is 5.02 Å². The second-order valence-electron chi connectivity index (χ2n) is 6.18. The molecule has 0 aliphatic carbocycles. The lowest BCUT2D eigenvalue weighted by Crippen LogP contribution is -2.20. The van der Waals surface area contributed by atoms with E-state index < -0.39 is 0 Å². The Hall–Kier alpha value is -2.11. The Morgan fingerprint density at radius 3 is 2.58 bits per heavy atom. The maximum absolute atomic E-state index is 13.1. The molecule has 0 atom stereocenters. The molecule has 1 aromatic heterocycles. The number of hydrogen-bond donors (Lipinski definition) is 0. The van der Waals surface area contributed by atoms with Gasteiger partial charge in [-0.2, -0.15) is 0 Å². The number of hydrogen-bond acceptors (Lipinski definition) is 3. The van der Waals surface area contributed by atoms with Gasteiger partial charge < -0.3 is 0 Å². The van der Waals surface area contributed by atoms with E-state index in [2.05, 4.69) is 18.8 Å². The number of aromatic nitrogens is 2. The molecule has 1 heterocycles. The van der Waals surface area contributed by atoms with E-state index in [1.54, 1.807) is 23.0 Å². The van der Waals surface area contributed by atoms with Crippen LogP contribution in [0.5, 0.6) is 0 Å². The zero-order valence-corrected chi connectivity index (χ0v) is 16.0. The first-order valence-corrected chi connectivity index (χ1v) is 9.57. The Labute approximate surface area is 160 Å². The molecule has 0 N–H and O–H groups in total. The van der Waals surface area contributed by atoms with Gasteiger partial charge in [-0.15, -0.1) is 0 Å². The second-order valence-corrected chi connectivity index (χ2v) is 7.55. The second kappa shape index (κ2) is 8.06. The van der Waals surface area contributed by atoms with Crippen molar-refractivity contribution in [2.24, 2.45) is 0 Å². The number of thioether (sulfide) groups is 1. The zero-order valence-electron chi connectivity index (χ0n) is 14.4. The summed E-state index contributed by atoms with van der Waals surface area (Å²) in [7, 11) is 0. The largest absolute Gasteiger partial charge is 0.287 e. The number of benzene rings is 2. The van der Waals surface area contributed by atoms with Crippen LogP contribution in [0.15, 0.2) is 64.7 Å². The highest BCUT2D eigenvalue weighted by atomic mass is 35.5. The summed E-state index contributed by atoms with van der Waals surface area (Å²) in [5.74, 6) is 0.496. The van der Waals surface area contributed by atoms with E-state index in [4.69, 9.17) is 11.6 Å². The summed E-state index contributed by atoms with van der Waals surface area (Å²) in [4.78, 5) is 16.9. The topological polar surface area (TPSA) is 34.9 Å². The average Bonchev–Trinajstić information content (AvgIpc) is 2.62. The normalized spacial score (nSPS) is 11.1. The van der Waals surface area contributed by atoms with Crippen molar-refractivity contribution in [3.05, 3.63) is 87.2 Å². The summed E-state index contributed by atoms with van der Waals surface area (Å²) in [5, 5.41) is 0.721. The van der Waals surface area contributed by atoms with Crippen LogP contribution < -0.4 is 5.56 Å². The molecule has 0 fully saturated rings. The quantitative estimate of drug-likeness (QED) is 0.546. The van der Waals surface area contributed by atoms with Crippen molar-refractivity contribution in [1.82, 2.24) is 9.55 Å². The number of rotatable bonds is 5. The molecule has 0 aliphatic rings. The summed E-state index contributed by atoms with van der Waals surface area (Å²) in [6, 6.07) is 12.2. The van der Waals surface area contributed by atoms with E-state index in [0.717, 1.165) is 11.3 Å². The molecule has 0 saturated carbocycles. The Morgan fingerprint density at radius 1 is 1.19 bits per heavy atom. The van der Waals surface area contributed by atoms with Crippen molar-refractivity contribution < 1.29 is 4.39 Å². The van der Waals surface area contributed by atoms with Crippen LogP contribution in [0, 0.1) is 5.82 Å². The molecule has 3 rings (SSSR count). The predicted octanol–water partition coefficient (Wildman–Crippen LogP) is 5.44. The van der Waals surface area contributed by atoms with Crippen molar-refractivity contribution in [3.8, 4) is 5.69 Å². The van der Waals surface area contributed by atoms with E-state index in [1.165, 1.54) is 29.5 Å². The molecule has 0 amide bonds. The Kier molecular flexibility index (Phi) is 5.79. The van der Waals surface area contributed by atoms with Gasteiger partial charge in [0.2, 0.25) is 0 Å². The van der Waals surface area contributed by atoms with Gasteiger partial charge in [-0.05, 0) is 41.3 Å². The van der Waals surface area contributed by atoms with E-state index >= 15 is 0 Å². The molecule has 0 aliphatic heterocycles. The van der Waals surface area contributed by atoms with E-state index in [0.29, 0.717) is 21.7 Å². The van der Waals surface area contributed by atoms with Gasteiger partial charge in [0.1, 0.15) is 5.82 Å². The van der Waals surface area contributed by atoms with Gasteiger partial charge >= 0.3 is 0 Å². The van der Waals surface area contributed by atoms with Crippen LogP contribution in [0.4, 0.5) is 4.39 Å². The molecular weight excluding hydrogens is 371 g/mol. The minimum Gasteiger partial charge on any atom is -0.280 e. The maximum Gasteiger partial charge on any atom is 0.287 e. The van der Waals surface area contributed by atoms with Crippen molar-refractivity contribution in [2.45, 2.75) is 30.5 Å². The highest BCUT2D eigenvalue weighted by molar-refractivity contribution is 7.98. The lowest BCUT2D eigenvalue weighted by atomic mass is 10.0. The first-order valence-electron chi connectivity index (χ1n) is 8.20. The lowest BCUT2D eigenvalue weighted by Gasteiger charge is -2.10. The van der Waals surface area contributed by atoms with Crippen LogP contribution in [0.1, 0.15) is 30.9 Å². The smallest absolute Gasteiger partial charge is 0.280 e. The fourth-order valence-electron chi connectivity index (χ4n) is 2.50. The molecule has 0 spiro atoms. The maximum atomic E-state index is 13.1. The molecule has 3 aromatic rings. The molecule has 2 aromatic carbocycles. The zero-order chi connectivity index (χ0) is 18.7. The van der Waals surface area contributed by atoms with Gasteiger partial charge in [0, 0.05) is 28.9 Å². The van der Waals surface area contributed by atoms with E-state index in [9.17, 15) is 9.18 Å². The predicted molar refractivity (Wildman–Crippen MR) is 105 cm³/mol. The first kappa shape index (κ1) is 18.7. The minimum atomic E-state index is -0.381. The van der Waals surface area contributed by atoms with E-state index in [1.807, 2.05) is 24.3 Å². The van der Waals surface area contributed by atoms with Gasteiger partial charge in [0.05, 0.1) is 0 Å². The third-order valence-electron chi connectivity index (χ3n) is 4.03. The molecule has 134 valence electrons. The Balaban J connectivity index is 1.84. The van der Waals surface area contributed by atoms with Crippen molar-refractivity contribution >= 4 is 23.4 Å². The summed E-state index contributed by atoms with van der Waals surface area (Å²) >= 11 is 7.33. The van der Waals surface area contributed by atoms with Crippen LogP contribution in [-0.4, -0.2) is 9.55 Å². The molecule has 3 nitrogen and oxygen atoms in total. The molecule has 0 bridgehead atoms. The fourth-order valence-corrected chi connectivity index (χ4v) is 3.72. The van der Waals surface area contributed by atoms with Crippen LogP contribution in [-0.2, 0) is 5.75 Å². The van der Waals surface area contributed by atoms with Crippen LogP contribution >= 0.6 is 23.4 Å². The summed E-state index contributed by atoms with van der Waals surface area (Å²) in [5.41, 5.74) is 2.59. The molecule has 0 radical (unpaired) electrons. The summed E-state index contributed by atoms with van der Waals surface area (Å²) < 4.78 is 14.7. The monoisotopic (exact) mass is 388 g/mol. The Bertz CT molecular complexity index is 970. The fraction of sp³-hybridized carbons (Fsp3) is 0.200. The average molecular weight is 389 g/mol. The lowest BCUT2D eigenvalue weighted by molar-refractivity contribution is 0.627. The number of halogens is 2. The van der Waals surface area contributed by atoms with Gasteiger partial charge in [-0.1, -0.05) is 55.4 Å². The number of nitrogens with zero attached hydrogens (tertiary/aromatic N) is 2. The van der Waals surface area contributed by atoms with Crippen molar-refractivity contribution in [2.75, 3.05) is 0 Å². The molecular formula is C20H18ClFN2OS. The standard InChI is InChI=1S/C20H18ClFN2OS/c1-13(2)14-4-7-17(8-5-14)24-10-9-23-19(20(24)25)26-12-15-3-6-16(22)11-18(15)21/h3-11,13H,12H2,1-2H3. The third kappa shape index (κ3) is 4.17. The van der Waals surface area contributed by atoms with Gasteiger partial charge in [0.25, 0.3) is 5.56 Å². The highest BCUT2D eigenvalue weighted by Crippen LogP contribution is 2.25. The van der Waals surface area contributed by atoms with Crippen LogP contribution in [0.25, 0.3) is 5.69 Å². The van der Waals surface area contributed by atoms with E-state index in [-0.39, 0.29) is 11.4 Å². The SMILES string of the molecule is CC(C)c1ccc(-n2ccnc(SCc3ccc(F)cc3Cl)c2=O)cc1. The third-order valence-corrected chi connectivity index (χ3v) is 5.39. The molecule has 6 heteroatoms. The Morgan fingerprint density at radius 2 is 1.92 bits per heavy atom.